The van der Waals surface area contributed by atoms with Crippen LogP contribution in [-0.4, -0.2) is 22.5 Å². The number of benzene rings is 2. The Bertz CT molecular complexity index is 1170. The molecular formula is C22H17F6NO3S. The van der Waals surface area contributed by atoms with E-state index in [9.17, 15) is 41.0 Å². The topological polar surface area (TPSA) is 66.4 Å². The Morgan fingerprint density at radius 1 is 0.939 bits per heavy atom. The number of fused-ring (bicyclic) bond motifs is 1. The van der Waals surface area contributed by atoms with Gasteiger partial charge in [-0.05, 0) is 46.2 Å². The zero-order chi connectivity index (χ0) is 24.6. The highest BCUT2D eigenvalue weighted by molar-refractivity contribution is 7.17. The second kappa shape index (κ2) is 8.69. The lowest BCUT2D eigenvalue weighted by molar-refractivity contribution is -0.147. The molecule has 0 aliphatic carbocycles. The smallest absolute Gasteiger partial charge is 0.416 e. The van der Waals surface area contributed by atoms with Crippen LogP contribution in [0.4, 0.5) is 26.3 Å². The minimum Gasteiger partial charge on any atom is -0.479 e. The lowest BCUT2D eigenvalue weighted by Gasteiger charge is -2.31. The molecule has 176 valence electrons. The van der Waals surface area contributed by atoms with Crippen LogP contribution >= 0.6 is 11.3 Å². The fourth-order valence-electron chi connectivity index (χ4n) is 3.66. The maximum atomic E-state index is 13.3. The molecule has 1 heterocycles. The first-order chi connectivity index (χ1) is 15.2. The van der Waals surface area contributed by atoms with Crippen molar-refractivity contribution in [3.8, 4) is 0 Å². The third-order valence-corrected chi connectivity index (χ3v) is 6.04. The molecule has 11 heteroatoms. The summed E-state index contributed by atoms with van der Waals surface area (Å²) in [5, 5.41) is 14.6. The average molecular weight is 489 g/mol. The number of carbonyl (C=O) groups is 2. The molecule has 3 rings (SSSR count). The maximum absolute atomic E-state index is 13.3. The van der Waals surface area contributed by atoms with Crippen molar-refractivity contribution in [3.05, 3.63) is 70.1 Å². The van der Waals surface area contributed by atoms with Crippen molar-refractivity contribution in [3.63, 3.8) is 0 Å². The summed E-state index contributed by atoms with van der Waals surface area (Å²) in [6, 6.07) is 7.89. The van der Waals surface area contributed by atoms with Crippen LogP contribution in [-0.2, 0) is 34.8 Å². The standard InChI is InChI=1S/C22H17F6NO3S/c1-12(30)29-20(19(31)32,10-14-11-33-18-5-3-2-4-17(14)18)9-13-6-15(21(23,24)25)8-16(7-13)22(26,27)28/h2-8,11H,9-10H2,1H3,(H,29,30)(H,31,32). The molecule has 33 heavy (non-hydrogen) atoms. The lowest BCUT2D eigenvalue weighted by atomic mass is 9.83. The number of carboxylic acid groups (broad SMARTS) is 1. The molecule has 1 unspecified atom stereocenters. The number of aliphatic carboxylic acids is 1. The van der Waals surface area contributed by atoms with E-state index in [1.165, 1.54) is 11.3 Å². The van der Waals surface area contributed by atoms with Crippen molar-refractivity contribution >= 4 is 33.3 Å². The van der Waals surface area contributed by atoms with Crippen LogP contribution in [0.2, 0.25) is 0 Å². The zero-order valence-corrected chi connectivity index (χ0v) is 17.8. The number of rotatable bonds is 6. The quantitative estimate of drug-likeness (QED) is 0.438. The van der Waals surface area contributed by atoms with Crippen LogP contribution in [0, 0.1) is 0 Å². The molecule has 2 aromatic carbocycles. The van der Waals surface area contributed by atoms with Gasteiger partial charge >= 0.3 is 18.3 Å². The van der Waals surface area contributed by atoms with Crippen LogP contribution in [0.3, 0.4) is 0 Å². The Labute approximate surface area is 187 Å². The molecule has 0 bridgehead atoms. The van der Waals surface area contributed by atoms with Gasteiger partial charge in [-0.3, -0.25) is 4.79 Å². The summed E-state index contributed by atoms with van der Waals surface area (Å²) < 4.78 is 80.4. The maximum Gasteiger partial charge on any atom is 0.416 e. The van der Waals surface area contributed by atoms with Gasteiger partial charge in [0.05, 0.1) is 11.1 Å². The van der Waals surface area contributed by atoms with Gasteiger partial charge in [0.1, 0.15) is 5.54 Å². The monoisotopic (exact) mass is 489 g/mol. The first-order valence-corrected chi connectivity index (χ1v) is 10.3. The lowest BCUT2D eigenvalue weighted by Crippen LogP contribution is -2.57. The number of amides is 1. The summed E-state index contributed by atoms with van der Waals surface area (Å²) in [5.74, 6) is -2.38. The van der Waals surface area contributed by atoms with Crippen molar-refractivity contribution in [1.29, 1.82) is 0 Å². The van der Waals surface area contributed by atoms with Gasteiger partial charge in [0.25, 0.3) is 0 Å². The van der Waals surface area contributed by atoms with Crippen molar-refractivity contribution < 1.29 is 41.0 Å². The van der Waals surface area contributed by atoms with Gasteiger partial charge in [-0.25, -0.2) is 4.79 Å². The third-order valence-electron chi connectivity index (χ3n) is 5.03. The van der Waals surface area contributed by atoms with Crippen LogP contribution in [0.15, 0.2) is 47.8 Å². The minimum absolute atomic E-state index is 0.0310. The Morgan fingerprint density at radius 2 is 1.52 bits per heavy atom. The summed E-state index contributed by atoms with van der Waals surface area (Å²) in [6.45, 7) is 1.02. The number of thiophene rings is 1. The summed E-state index contributed by atoms with van der Waals surface area (Å²) in [4.78, 5) is 24.2. The van der Waals surface area contributed by atoms with Crippen molar-refractivity contribution in [2.75, 3.05) is 0 Å². The first kappa shape index (κ1) is 24.6. The second-order valence-electron chi connectivity index (χ2n) is 7.59. The fraction of sp³-hybridized carbons (Fsp3) is 0.273. The fourth-order valence-corrected chi connectivity index (χ4v) is 4.62. The number of halogens is 6. The highest BCUT2D eigenvalue weighted by atomic mass is 32.1. The molecule has 0 aliphatic rings. The Kier molecular flexibility index (Phi) is 6.47. The van der Waals surface area contributed by atoms with E-state index >= 15 is 0 Å². The molecule has 0 saturated heterocycles. The number of carboxylic acids is 1. The molecular weight excluding hydrogens is 472 g/mol. The van der Waals surface area contributed by atoms with E-state index in [2.05, 4.69) is 5.32 Å². The van der Waals surface area contributed by atoms with Crippen LogP contribution in [0.25, 0.3) is 10.1 Å². The van der Waals surface area contributed by atoms with Crippen LogP contribution < -0.4 is 5.32 Å². The molecule has 1 aromatic heterocycles. The molecule has 4 nitrogen and oxygen atoms in total. The van der Waals surface area contributed by atoms with E-state index < -0.39 is 52.9 Å². The summed E-state index contributed by atoms with van der Waals surface area (Å²) in [7, 11) is 0. The number of alkyl halides is 6. The second-order valence-corrected chi connectivity index (χ2v) is 8.50. The SMILES string of the molecule is CC(=O)NC(Cc1cc(C(F)(F)F)cc(C(F)(F)F)c1)(Cc1csc2ccccc12)C(=O)O. The number of carbonyl (C=O) groups excluding carboxylic acids is 1. The van der Waals surface area contributed by atoms with Crippen LogP contribution in [0.5, 0.6) is 0 Å². The van der Waals surface area contributed by atoms with Crippen molar-refractivity contribution in [2.45, 2.75) is 37.7 Å². The van der Waals surface area contributed by atoms with E-state index in [1.54, 1.807) is 29.6 Å². The van der Waals surface area contributed by atoms with Gasteiger partial charge in [0, 0.05) is 24.5 Å². The summed E-state index contributed by atoms with van der Waals surface area (Å²) in [6.07, 6.45) is -11.3. The van der Waals surface area contributed by atoms with E-state index in [4.69, 9.17) is 0 Å². The van der Waals surface area contributed by atoms with Gasteiger partial charge in [-0.1, -0.05) is 18.2 Å². The molecule has 1 atom stereocenters. The van der Waals surface area contributed by atoms with Gasteiger partial charge < -0.3 is 10.4 Å². The summed E-state index contributed by atoms with van der Waals surface area (Å²) >= 11 is 1.30. The molecule has 2 N–H and O–H groups in total. The molecule has 3 aromatic rings. The minimum atomic E-state index is -5.08. The number of nitrogens with one attached hydrogen (secondary N) is 1. The highest BCUT2D eigenvalue weighted by Gasteiger charge is 2.42. The molecule has 1 amide bonds. The predicted octanol–water partition coefficient (Wildman–Crippen LogP) is 5.68. The average Bonchev–Trinajstić information content (AvgIpc) is 3.08. The molecule has 0 fully saturated rings. The number of hydrogen-bond acceptors (Lipinski definition) is 3. The molecule has 0 aliphatic heterocycles. The third kappa shape index (κ3) is 5.47. The van der Waals surface area contributed by atoms with Crippen LogP contribution in [0.1, 0.15) is 29.2 Å². The first-order valence-electron chi connectivity index (χ1n) is 9.47. The number of hydrogen-bond donors (Lipinski definition) is 2. The summed E-state index contributed by atoms with van der Waals surface area (Å²) in [5.41, 5.74) is -5.32. The Hall–Kier alpha value is -3.08. The predicted molar refractivity (Wildman–Crippen MR) is 110 cm³/mol. The highest BCUT2D eigenvalue weighted by Crippen LogP contribution is 2.38. The molecule has 0 radical (unpaired) electrons. The van der Waals surface area contributed by atoms with E-state index in [-0.39, 0.29) is 12.5 Å². The van der Waals surface area contributed by atoms with Gasteiger partial charge in [0.2, 0.25) is 5.91 Å². The van der Waals surface area contributed by atoms with Crippen molar-refractivity contribution in [1.82, 2.24) is 5.32 Å². The van der Waals surface area contributed by atoms with Gasteiger partial charge in [0.15, 0.2) is 0 Å². The Balaban J connectivity index is 2.14. The van der Waals surface area contributed by atoms with Crippen molar-refractivity contribution in [2.24, 2.45) is 0 Å². The van der Waals surface area contributed by atoms with E-state index in [0.29, 0.717) is 23.1 Å². The Morgan fingerprint density at radius 3 is 2.03 bits per heavy atom. The largest absolute Gasteiger partial charge is 0.479 e. The van der Waals surface area contributed by atoms with E-state index in [0.717, 1.165) is 11.6 Å². The van der Waals surface area contributed by atoms with Gasteiger partial charge in [-0.2, -0.15) is 26.3 Å². The van der Waals surface area contributed by atoms with E-state index in [1.807, 2.05) is 0 Å². The molecule has 0 spiro atoms. The zero-order valence-electron chi connectivity index (χ0n) is 17.0. The molecule has 0 saturated carbocycles. The normalized spacial score (nSPS) is 14.2. The van der Waals surface area contributed by atoms with Gasteiger partial charge in [-0.15, -0.1) is 11.3 Å².